The molecule has 0 saturated carbocycles. The normalized spacial score (nSPS) is 16.9. The summed E-state index contributed by atoms with van der Waals surface area (Å²) in [5.74, 6) is 0. The van der Waals surface area contributed by atoms with Gasteiger partial charge in [0.2, 0.25) is 0 Å². The maximum atomic E-state index is 9.76. The zero-order chi connectivity index (χ0) is 22.7. The summed E-state index contributed by atoms with van der Waals surface area (Å²) < 4.78 is 14.7. The Morgan fingerprint density at radius 1 is 0.781 bits per heavy atom. The van der Waals surface area contributed by atoms with E-state index in [9.17, 15) is 10.5 Å². The van der Waals surface area contributed by atoms with Crippen LogP contribution in [0.25, 0.3) is 27.5 Å². The fourth-order valence-electron chi connectivity index (χ4n) is 4.28. The minimum absolute atomic E-state index is 0.499. The van der Waals surface area contributed by atoms with Crippen molar-refractivity contribution in [2.24, 2.45) is 0 Å². The molecule has 1 aliphatic rings. The average molecular weight is 419 g/mol. The molecule has 32 heavy (non-hydrogen) atoms. The number of rotatable bonds is 2. The molecular formula is C26H22BN3O2. The van der Waals surface area contributed by atoms with Crippen molar-refractivity contribution in [1.29, 1.82) is 10.5 Å². The van der Waals surface area contributed by atoms with Crippen LogP contribution in [0, 0.1) is 22.7 Å². The molecule has 5 nitrogen and oxygen atoms in total. The molecule has 0 atom stereocenters. The lowest BCUT2D eigenvalue weighted by Gasteiger charge is -2.32. The van der Waals surface area contributed by atoms with E-state index in [0.717, 1.165) is 27.5 Å². The van der Waals surface area contributed by atoms with Gasteiger partial charge < -0.3 is 13.9 Å². The predicted octanol–water partition coefficient (Wildman–Crippen LogP) is 4.83. The van der Waals surface area contributed by atoms with Crippen molar-refractivity contribution < 1.29 is 9.31 Å². The minimum Gasteiger partial charge on any atom is -0.399 e. The van der Waals surface area contributed by atoms with E-state index >= 15 is 0 Å². The highest BCUT2D eigenvalue weighted by molar-refractivity contribution is 6.63. The summed E-state index contributed by atoms with van der Waals surface area (Å²) in [6, 6.07) is 24.1. The molecule has 0 aliphatic carbocycles. The van der Waals surface area contributed by atoms with Crippen LogP contribution < -0.4 is 5.46 Å². The lowest BCUT2D eigenvalue weighted by molar-refractivity contribution is 0.00578. The fraction of sp³-hybridized carbons (Fsp3) is 0.231. The van der Waals surface area contributed by atoms with E-state index in [1.807, 2.05) is 76.2 Å². The van der Waals surface area contributed by atoms with E-state index in [2.05, 4.69) is 28.8 Å². The second-order valence-electron chi connectivity index (χ2n) is 9.17. The van der Waals surface area contributed by atoms with Gasteiger partial charge >= 0.3 is 7.12 Å². The highest BCUT2D eigenvalue weighted by Gasteiger charge is 2.52. The van der Waals surface area contributed by atoms with Crippen molar-refractivity contribution in [2.45, 2.75) is 38.9 Å². The summed E-state index contributed by atoms with van der Waals surface area (Å²) in [5, 5.41) is 21.2. The van der Waals surface area contributed by atoms with E-state index in [4.69, 9.17) is 9.31 Å². The van der Waals surface area contributed by atoms with Gasteiger partial charge in [0.05, 0.1) is 45.5 Å². The van der Waals surface area contributed by atoms with Crippen LogP contribution in [0.15, 0.2) is 60.7 Å². The van der Waals surface area contributed by atoms with E-state index < -0.39 is 18.3 Å². The molecule has 5 rings (SSSR count). The molecule has 0 radical (unpaired) electrons. The first kappa shape index (κ1) is 20.3. The maximum absolute atomic E-state index is 9.76. The third-order valence-corrected chi connectivity index (χ3v) is 6.72. The van der Waals surface area contributed by atoms with E-state index in [1.165, 1.54) is 0 Å². The summed E-state index contributed by atoms with van der Waals surface area (Å²) in [7, 11) is -0.632. The molecule has 1 saturated heterocycles. The van der Waals surface area contributed by atoms with E-state index in [0.29, 0.717) is 16.6 Å². The second kappa shape index (κ2) is 6.97. The molecule has 0 spiro atoms. The van der Waals surface area contributed by atoms with Crippen LogP contribution in [0.5, 0.6) is 0 Å². The van der Waals surface area contributed by atoms with Crippen LogP contribution in [0.3, 0.4) is 0 Å². The average Bonchev–Trinajstić information content (AvgIpc) is 3.22. The Labute approximate surface area is 187 Å². The van der Waals surface area contributed by atoms with Crippen molar-refractivity contribution in [3.05, 3.63) is 71.8 Å². The Balaban J connectivity index is 1.74. The van der Waals surface area contributed by atoms with Gasteiger partial charge in [-0.15, -0.1) is 0 Å². The zero-order valence-corrected chi connectivity index (χ0v) is 18.5. The smallest absolute Gasteiger partial charge is 0.399 e. The lowest BCUT2D eigenvalue weighted by Crippen LogP contribution is -2.41. The second-order valence-corrected chi connectivity index (χ2v) is 9.17. The van der Waals surface area contributed by atoms with Crippen molar-refractivity contribution in [1.82, 2.24) is 4.57 Å². The number of para-hydroxylation sites is 1. The molecule has 0 N–H and O–H groups in total. The van der Waals surface area contributed by atoms with Crippen LogP contribution in [0.1, 0.15) is 38.8 Å². The highest BCUT2D eigenvalue weighted by atomic mass is 16.7. The van der Waals surface area contributed by atoms with Gasteiger partial charge in [0.15, 0.2) is 0 Å². The predicted molar refractivity (Wildman–Crippen MR) is 126 cm³/mol. The highest BCUT2D eigenvalue weighted by Crippen LogP contribution is 2.37. The minimum atomic E-state index is -0.632. The molecule has 2 heterocycles. The molecule has 0 bridgehead atoms. The van der Waals surface area contributed by atoms with Gasteiger partial charge in [0, 0.05) is 21.9 Å². The van der Waals surface area contributed by atoms with Crippen LogP contribution in [0.2, 0.25) is 0 Å². The first-order valence-corrected chi connectivity index (χ1v) is 10.6. The molecular weight excluding hydrogens is 397 g/mol. The molecule has 0 amide bonds. The quantitative estimate of drug-likeness (QED) is 0.437. The molecule has 1 fully saturated rings. The SMILES string of the molecule is CC1(C)OB(c2cc(-n3c4ccccc4c4cc(C#N)ccc43)ccc2C#N)OC1(C)C. The maximum Gasteiger partial charge on any atom is 0.496 e. The zero-order valence-electron chi connectivity index (χ0n) is 18.5. The summed E-state index contributed by atoms with van der Waals surface area (Å²) in [6.45, 7) is 8.01. The molecule has 6 heteroatoms. The lowest BCUT2D eigenvalue weighted by atomic mass is 9.76. The van der Waals surface area contributed by atoms with Crippen molar-refractivity contribution in [3.63, 3.8) is 0 Å². The summed E-state index contributed by atoms with van der Waals surface area (Å²) >= 11 is 0. The Morgan fingerprint density at radius 3 is 2.16 bits per heavy atom. The molecule has 156 valence electrons. The summed E-state index contributed by atoms with van der Waals surface area (Å²) in [6.07, 6.45) is 0. The molecule has 0 unspecified atom stereocenters. The van der Waals surface area contributed by atoms with Crippen LogP contribution in [-0.2, 0) is 9.31 Å². The standard InChI is InChI=1S/C26H22BN3O2/c1-25(2)26(3,4)32-27(31-25)22-14-19(11-10-18(22)16-29)30-23-8-6-5-7-20(23)21-13-17(15-28)9-12-24(21)30/h5-14H,1-4H3. The van der Waals surface area contributed by atoms with Crippen molar-refractivity contribution in [3.8, 4) is 17.8 Å². The van der Waals surface area contributed by atoms with Gasteiger partial charge in [-0.25, -0.2) is 0 Å². The Kier molecular flexibility index (Phi) is 4.43. The van der Waals surface area contributed by atoms with Gasteiger partial charge in [-0.1, -0.05) is 18.2 Å². The molecule has 3 aromatic carbocycles. The summed E-state index contributed by atoms with van der Waals surface area (Å²) in [5.41, 5.74) is 3.80. The first-order valence-electron chi connectivity index (χ1n) is 10.6. The fourth-order valence-corrected chi connectivity index (χ4v) is 4.28. The number of nitriles is 2. The monoisotopic (exact) mass is 419 g/mol. The molecule has 4 aromatic rings. The van der Waals surface area contributed by atoms with Gasteiger partial charge in [-0.3, -0.25) is 0 Å². The number of hydrogen-bond acceptors (Lipinski definition) is 4. The van der Waals surface area contributed by atoms with Gasteiger partial charge in [0.1, 0.15) is 0 Å². The number of nitrogens with zero attached hydrogens (tertiary/aromatic N) is 3. The number of fused-ring (bicyclic) bond motifs is 3. The molecule has 1 aromatic heterocycles. The van der Waals surface area contributed by atoms with E-state index in [-0.39, 0.29) is 0 Å². The van der Waals surface area contributed by atoms with E-state index in [1.54, 1.807) is 0 Å². The van der Waals surface area contributed by atoms with Crippen LogP contribution in [0.4, 0.5) is 0 Å². The number of hydrogen-bond donors (Lipinski definition) is 0. The largest absolute Gasteiger partial charge is 0.496 e. The van der Waals surface area contributed by atoms with Crippen molar-refractivity contribution >= 4 is 34.4 Å². The van der Waals surface area contributed by atoms with Gasteiger partial charge in [0.25, 0.3) is 0 Å². The Morgan fingerprint density at radius 2 is 1.47 bits per heavy atom. The summed E-state index contributed by atoms with van der Waals surface area (Å²) in [4.78, 5) is 0. The third kappa shape index (κ3) is 2.92. The Bertz CT molecular complexity index is 1450. The van der Waals surface area contributed by atoms with Crippen molar-refractivity contribution in [2.75, 3.05) is 0 Å². The topological polar surface area (TPSA) is 71.0 Å². The Hall–Kier alpha value is -3.58. The third-order valence-electron chi connectivity index (χ3n) is 6.72. The van der Waals surface area contributed by atoms with Gasteiger partial charge in [-0.2, -0.15) is 10.5 Å². The number of benzene rings is 3. The number of aromatic nitrogens is 1. The first-order chi connectivity index (χ1) is 15.3. The van der Waals surface area contributed by atoms with Crippen LogP contribution >= 0.6 is 0 Å². The molecule has 1 aliphatic heterocycles. The van der Waals surface area contributed by atoms with Crippen LogP contribution in [-0.4, -0.2) is 22.9 Å². The van der Waals surface area contributed by atoms with Gasteiger partial charge in [-0.05, 0) is 70.2 Å².